The van der Waals surface area contributed by atoms with E-state index < -0.39 is 10.0 Å². The van der Waals surface area contributed by atoms with Crippen LogP contribution in [-0.2, 0) is 0 Å². The molecule has 0 aliphatic heterocycles. The van der Waals surface area contributed by atoms with Gasteiger partial charge in [-0.1, -0.05) is 97.1 Å². The molecule has 0 fully saturated rings. The van der Waals surface area contributed by atoms with Gasteiger partial charge in [0.05, 0.1) is 0 Å². The molecule has 8 aromatic rings. The molecule has 0 radical (unpaired) electrons. The summed E-state index contributed by atoms with van der Waals surface area (Å²) in [6, 6.07) is 51.6. The van der Waals surface area contributed by atoms with Gasteiger partial charge in [-0.25, -0.2) is 0 Å². The zero-order chi connectivity index (χ0) is 25.8. The molecule has 6 aromatic carbocycles. The lowest BCUT2D eigenvalue weighted by atomic mass is 10.1. The van der Waals surface area contributed by atoms with Gasteiger partial charge >= 0.3 is 0 Å². The Bertz CT molecular complexity index is 1970. The van der Waals surface area contributed by atoms with Crippen molar-refractivity contribution < 1.29 is 8.83 Å². The molecule has 186 valence electrons. The predicted molar refractivity (Wildman–Crippen MR) is 161 cm³/mol. The summed E-state index contributed by atoms with van der Waals surface area (Å²) in [6.45, 7) is 0. The maximum Gasteiger partial charge on any atom is 0.148 e. The van der Waals surface area contributed by atoms with Crippen molar-refractivity contribution in [2.75, 3.05) is 0 Å². The molecular weight excluding hydrogens is 496 g/mol. The number of hydrogen-bond donors (Lipinski definition) is 0. The first-order valence-electron chi connectivity index (χ1n) is 13.1. The van der Waals surface area contributed by atoms with E-state index in [1.54, 1.807) is 0 Å². The molecule has 0 bridgehead atoms. The van der Waals surface area contributed by atoms with Gasteiger partial charge in [0.25, 0.3) is 0 Å². The highest BCUT2D eigenvalue weighted by molar-refractivity contribution is 8.34. The molecule has 3 heteroatoms. The van der Waals surface area contributed by atoms with Crippen LogP contribution in [0.15, 0.2) is 174 Å². The molecule has 2 heterocycles. The van der Waals surface area contributed by atoms with Gasteiger partial charge in [0.1, 0.15) is 22.3 Å². The van der Waals surface area contributed by atoms with Gasteiger partial charge in [-0.05, 0) is 48.5 Å². The molecule has 0 amide bonds. The van der Waals surface area contributed by atoms with Crippen molar-refractivity contribution in [2.24, 2.45) is 0 Å². The van der Waals surface area contributed by atoms with Crippen LogP contribution in [0.5, 0.6) is 0 Å². The predicted octanol–water partition coefficient (Wildman–Crippen LogP) is 10.8. The van der Waals surface area contributed by atoms with E-state index in [1.165, 1.54) is 19.6 Å². The van der Waals surface area contributed by atoms with Gasteiger partial charge < -0.3 is 8.83 Å². The Balaban J connectivity index is 1.61. The summed E-state index contributed by atoms with van der Waals surface area (Å²) in [6.07, 6.45) is 0. The molecule has 0 unspecified atom stereocenters. The molecule has 0 aliphatic carbocycles. The number of hydrogen-bond acceptors (Lipinski definition) is 2. The van der Waals surface area contributed by atoms with Crippen LogP contribution in [0.4, 0.5) is 0 Å². The Kier molecular flexibility index (Phi) is 4.94. The van der Waals surface area contributed by atoms with Crippen LogP contribution in [0.2, 0.25) is 0 Å². The van der Waals surface area contributed by atoms with Crippen LogP contribution in [0, 0.1) is 0 Å². The number of benzene rings is 6. The van der Waals surface area contributed by atoms with Gasteiger partial charge in [-0.15, -0.1) is 10.0 Å². The largest absolute Gasteiger partial charge is 0.455 e. The van der Waals surface area contributed by atoms with E-state index >= 15 is 0 Å². The Labute approximate surface area is 227 Å². The second kappa shape index (κ2) is 8.65. The van der Waals surface area contributed by atoms with Crippen molar-refractivity contribution in [1.29, 1.82) is 0 Å². The van der Waals surface area contributed by atoms with E-state index in [1.807, 2.05) is 12.1 Å². The summed E-state index contributed by atoms with van der Waals surface area (Å²) in [5.41, 5.74) is 3.65. The van der Waals surface area contributed by atoms with E-state index in [0.29, 0.717) is 0 Å². The molecule has 0 atom stereocenters. The van der Waals surface area contributed by atoms with Crippen molar-refractivity contribution in [1.82, 2.24) is 0 Å². The van der Waals surface area contributed by atoms with Gasteiger partial charge in [-0.2, -0.15) is 0 Å². The average molecular weight is 521 g/mol. The second-order valence-corrected chi connectivity index (χ2v) is 12.7. The van der Waals surface area contributed by atoms with Gasteiger partial charge in [0.2, 0.25) is 0 Å². The molecule has 39 heavy (non-hydrogen) atoms. The zero-order valence-electron chi connectivity index (χ0n) is 21.1. The highest BCUT2D eigenvalue weighted by Crippen LogP contribution is 2.75. The fourth-order valence-electron chi connectivity index (χ4n) is 5.94. The van der Waals surface area contributed by atoms with E-state index in [0.717, 1.165) is 43.9 Å². The first-order valence-corrected chi connectivity index (χ1v) is 14.7. The summed E-state index contributed by atoms with van der Waals surface area (Å²) in [5.74, 6) is 0. The Hall–Kier alpha value is -4.73. The fourth-order valence-corrected chi connectivity index (χ4v) is 10.0. The second-order valence-electron chi connectivity index (χ2n) is 9.70. The maximum absolute atomic E-state index is 6.72. The summed E-state index contributed by atoms with van der Waals surface area (Å²) in [4.78, 5) is 4.80. The van der Waals surface area contributed by atoms with Crippen molar-refractivity contribution in [2.45, 2.75) is 19.6 Å². The molecule has 2 aromatic heterocycles. The van der Waals surface area contributed by atoms with E-state index in [-0.39, 0.29) is 0 Å². The summed E-state index contributed by atoms with van der Waals surface area (Å²) >= 11 is 0. The summed E-state index contributed by atoms with van der Waals surface area (Å²) in [5, 5.41) is 4.52. The Morgan fingerprint density at radius 3 is 1.18 bits per heavy atom. The molecule has 0 saturated heterocycles. The highest BCUT2D eigenvalue weighted by Gasteiger charge is 2.38. The lowest BCUT2D eigenvalue weighted by Gasteiger charge is -2.41. The minimum Gasteiger partial charge on any atom is -0.455 e. The molecule has 8 rings (SSSR count). The maximum atomic E-state index is 6.72. The zero-order valence-corrected chi connectivity index (χ0v) is 21.9. The van der Waals surface area contributed by atoms with Crippen LogP contribution < -0.4 is 0 Å². The Morgan fingerprint density at radius 1 is 0.333 bits per heavy atom. The molecular formula is C36H24O2S. The topological polar surface area (TPSA) is 26.3 Å². The number of para-hydroxylation sites is 4. The third-order valence-corrected chi connectivity index (χ3v) is 11.5. The molecule has 0 aliphatic rings. The van der Waals surface area contributed by atoms with Crippen molar-refractivity contribution >= 4 is 53.9 Å². The third-order valence-electron chi connectivity index (χ3n) is 7.59. The lowest BCUT2D eigenvalue weighted by molar-refractivity contribution is 0.657. The van der Waals surface area contributed by atoms with Crippen LogP contribution in [0.25, 0.3) is 43.9 Å². The van der Waals surface area contributed by atoms with E-state index in [2.05, 4.69) is 133 Å². The van der Waals surface area contributed by atoms with Crippen LogP contribution >= 0.6 is 10.0 Å². The van der Waals surface area contributed by atoms with Gasteiger partial charge in [0, 0.05) is 41.1 Å². The number of rotatable bonds is 4. The summed E-state index contributed by atoms with van der Waals surface area (Å²) in [7, 11) is -2.05. The molecule has 2 nitrogen and oxygen atoms in total. The van der Waals surface area contributed by atoms with Gasteiger partial charge in [-0.3, -0.25) is 0 Å². The fraction of sp³-hybridized carbons (Fsp3) is 0. The van der Waals surface area contributed by atoms with E-state index in [9.17, 15) is 0 Å². The standard InChI is InChI=1S/C36H24O2S/c1-3-13-25(14-4-1)39(26-15-5-2-6-16-26,33-23-11-19-29-27-17-7-9-21-31(27)37-35(29)33)34-24-12-20-30-28-18-8-10-22-32(28)38-36(30)34/h1-24H. The molecule has 0 spiro atoms. The minimum atomic E-state index is -2.05. The first kappa shape index (κ1) is 22.3. The molecule has 0 saturated carbocycles. The van der Waals surface area contributed by atoms with Crippen LogP contribution in [0.1, 0.15) is 0 Å². The van der Waals surface area contributed by atoms with Crippen LogP contribution in [-0.4, -0.2) is 0 Å². The third kappa shape index (κ3) is 3.17. The monoisotopic (exact) mass is 520 g/mol. The van der Waals surface area contributed by atoms with Crippen LogP contribution in [0.3, 0.4) is 0 Å². The van der Waals surface area contributed by atoms with Crippen molar-refractivity contribution in [3.63, 3.8) is 0 Å². The Morgan fingerprint density at radius 2 is 0.718 bits per heavy atom. The first-order chi connectivity index (χ1) is 19.4. The highest BCUT2D eigenvalue weighted by atomic mass is 32.3. The van der Waals surface area contributed by atoms with Crippen molar-refractivity contribution in [3.05, 3.63) is 146 Å². The quantitative estimate of drug-likeness (QED) is 0.231. The van der Waals surface area contributed by atoms with E-state index in [4.69, 9.17) is 8.83 Å². The van der Waals surface area contributed by atoms with Gasteiger partial charge in [0.15, 0.2) is 0 Å². The SMILES string of the molecule is c1ccc(S(c2ccccc2)(c2cccc3c2oc2ccccc23)c2cccc3c2oc2ccccc23)cc1. The molecule has 0 N–H and O–H groups in total. The number of furan rings is 2. The normalized spacial score (nSPS) is 12.5. The lowest BCUT2D eigenvalue weighted by Crippen LogP contribution is -2.06. The summed E-state index contributed by atoms with van der Waals surface area (Å²) < 4.78 is 13.4. The van der Waals surface area contributed by atoms with Crippen molar-refractivity contribution in [3.8, 4) is 0 Å². The minimum absolute atomic E-state index is 0.899. The smallest absolute Gasteiger partial charge is 0.148 e. The average Bonchev–Trinajstić information content (AvgIpc) is 3.58. The number of fused-ring (bicyclic) bond motifs is 6.